The molecule has 2 aliphatic rings. The molecule has 0 aromatic carbocycles. The molecule has 0 amide bonds. The molecule has 0 radical (unpaired) electrons. The van der Waals surface area contributed by atoms with Crippen LogP contribution in [0.3, 0.4) is 0 Å². The minimum absolute atomic E-state index is 0.617. The van der Waals surface area contributed by atoms with Crippen LogP contribution in [0.4, 0.5) is 0 Å². The average molecular weight is 252 g/mol. The van der Waals surface area contributed by atoms with E-state index in [1.807, 2.05) is 0 Å². The summed E-state index contributed by atoms with van der Waals surface area (Å²) in [6.07, 6.45) is 10.1. The molecule has 1 N–H and O–H groups in total. The maximum Gasteiger partial charge on any atom is 0.0221 e. The van der Waals surface area contributed by atoms with Crippen molar-refractivity contribution in [3.63, 3.8) is 0 Å². The van der Waals surface area contributed by atoms with Gasteiger partial charge in [0.1, 0.15) is 0 Å². The van der Waals surface area contributed by atoms with Crippen molar-refractivity contribution < 1.29 is 0 Å². The Labute approximate surface area is 114 Å². The lowest BCUT2D eigenvalue weighted by atomic mass is 9.77. The van der Waals surface area contributed by atoms with E-state index in [9.17, 15) is 0 Å². The van der Waals surface area contributed by atoms with Crippen LogP contribution in [0.2, 0.25) is 0 Å². The molecule has 1 saturated carbocycles. The van der Waals surface area contributed by atoms with E-state index >= 15 is 0 Å². The number of hydrogen-bond acceptors (Lipinski definition) is 2. The van der Waals surface area contributed by atoms with Gasteiger partial charge in [0.05, 0.1) is 0 Å². The van der Waals surface area contributed by atoms with Crippen LogP contribution in [0.1, 0.15) is 65.7 Å². The lowest BCUT2D eigenvalue weighted by Crippen LogP contribution is -2.54. The number of nitrogens with zero attached hydrogens (tertiary/aromatic N) is 1. The highest BCUT2D eigenvalue weighted by Crippen LogP contribution is 2.36. The van der Waals surface area contributed by atoms with Crippen molar-refractivity contribution in [3.05, 3.63) is 0 Å². The number of piperidine rings is 1. The molecular formula is C16H32N2. The summed E-state index contributed by atoms with van der Waals surface area (Å²) in [4.78, 5) is 2.86. The molecular weight excluding hydrogens is 220 g/mol. The summed E-state index contributed by atoms with van der Waals surface area (Å²) >= 11 is 0. The van der Waals surface area contributed by atoms with Gasteiger partial charge in [-0.1, -0.05) is 33.6 Å². The van der Waals surface area contributed by atoms with E-state index in [1.54, 1.807) is 0 Å². The molecule has 1 saturated heterocycles. The van der Waals surface area contributed by atoms with E-state index < -0.39 is 0 Å². The predicted molar refractivity (Wildman–Crippen MR) is 78.9 cm³/mol. The average Bonchev–Trinajstić information content (AvgIpc) is 2.39. The van der Waals surface area contributed by atoms with Crippen molar-refractivity contribution in [1.82, 2.24) is 10.2 Å². The number of nitrogens with one attached hydrogen (secondary N) is 1. The van der Waals surface area contributed by atoms with Crippen LogP contribution >= 0.6 is 0 Å². The van der Waals surface area contributed by atoms with Crippen LogP contribution in [-0.4, -0.2) is 36.1 Å². The van der Waals surface area contributed by atoms with Crippen LogP contribution in [0.5, 0.6) is 0 Å². The first kappa shape index (κ1) is 14.3. The molecule has 1 unspecified atom stereocenters. The Morgan fingerprint density at radius 3 is 2.56 bits per heavy atom. The third-order valence-electron chi connectivity index (χ3n) is 4.99. The van der Waals surface area contributed by atoms with Crippen molar-refractivity contribution in [3.8, 4) is 0 Å². The van der Waals surface area contributed by atoms with Gasteiger partial charge >= 0.3 is 0 Å². The zero-order chi connectivity index (χ0) is 13.0. The Morgan fingerprint density at radius 1 is 1.11 bits per heavy atom. The van der Waals surface area contributed by atoms with Gasteiger partial charge in [-0.3, -0.25) is 4.90 Å². The number of fused-ring (bicyclic) bond motifs is 1. The van der Waals surface area contributed by atoms with Crippen LogP contribution in [0.25, 0.3) is 0 Å². The standard InChI is InChI=1S/C16H32N2/c1-4-15(12-17-13(2)3)18-11-7-9-14-8-5-6-10-16(14)18/h13-17H,4-12H2,1-3H3/t14-,15?,16-/m1/s1. The summed E-state index contributed by atoms with van der Waals surface area (Å²) in [5, 5.41) is 3.65. The molecule has 1 aliphatic carbocycles. The number of hydrogen-bond donors (Lipinski definition) is 1. The molecule has 1 aliphatic heterocycles. The van der Waals surface area contributed by atoms with Gasteiger partial charge in [0.15, 0.2) is 0 Å². The second kappa shape index (κ2) is 6.91. The van der Waals surface area contributed by atoms with Gasteiger partial charge in [-0.05, 0) is 44.6 Å². The normalized spacial score (nSPS) is 31.3. The Hall–Kier alpha value is -0.0800. The van der Waals surface area contributed by atoms with Gasteiger partial charge in [0.2, 0.25) is 0 Å². The number of rotatable bonds is 5. The van der Waals surface area contributed by atoms with Crippen molar-refractivity contribution in [2.75, 3.05) is 13.1 Å². The first-order valence-electron chi connectivity index (χ1n) is 8.21. The van der Waals surface area contributed by atoms with Crippen molar-refractivity contribution in [1.29, 1.82) is 0 Å². The minimum Gasteiger partial charge on any atom is -0.313 e. The lowest BCUT2D eigenvalue weighted by molar-refractivity contribution is 0.0238. The molecule has 0 aromatic rings. The molecule has 2 heteroatoms. The first-order chi connectivity index (χ1) is 8.72. The van der Waals surface area contributed by atoms with Crippen molar-refractivity contribution in [2.45, 2.75) is 83.8 Å². The van der Waals surface area contributed by atoms with Gasteiger partial charge in [-0.15, -0.1) is 0 Å². The monoisotopic (exact) mass is 252 g/mol. The van der Waals surface area contributed by atoms with Crippen molar-refractivity contribution >= 4 is 0 Å². The third-order valence-corrected chi connectivity index (χ3v) is 4.99. The highest BCUT2D eigenvalue weighted by molar-refractivity contribution is 4.91. The molecule has 1 heterocycles. The maximum absolute atomic E-state index is 3.65. The summed E-state index contributed by atoms with van der Waals surface area (Å²) < 4.78 is 0. The quantitative estimate of drug-likeness (QED) is 0.806. The van der Waals surface area contributed by atoms with Gasteiger partial charge in [-0.25, -0.2) is 0 Å². The zero-order valence-electron chi connectivity index (χ0n) is 12.6. The highest BCUT2D eigenvalue weighted by atomic mass is 15.2. The summed E-state index contributed by atoms with van der Waals surface area (Å²) in [7, 11) is 0. The van der Waals surface area contributed by atoms with Gasteiger partial charge < -0.3 is 5.32 Å². The van der Waals surface area contributed by atoms with E-state index in [1.165, 1.54) is 58.0 Å². The largest absolute Gasteiger partial charge is 0.313 e. The van der Waals surface area contributed by atoms with Gasteiger partial charge in [0, 0.05) is 24.7 Å². The highest BCUT2D eigenvalue weighted by Gasteiger charge is 2.35. The summed E-state index contributed by atoms with van der Waals surface area (Å²) in [5.74, 6) is 1.01. The smallest absolute Gasteiger partial charge is 0.0221 e. The number of likely N-dealkylation sites (tertiary alicyclic amines) is 1. The predicted octanol–water partition coefficient (Wildman–Crippen LogP) is 3.42. The Kier molecular flexibility index (Phi) is 5.50. The molecule has 3 atom stereocenters. The second-order valence-electron chi connectivity index (χ2n) is 6.62. The molecule has 0 spiro atoms. The maximum atomic E-state index is 3.65. The fourth-order valence-electron chi connectivity index (χ4n) is 3.98. The SMILES string of the molecule is CCC(CNC(C)C)N1CCC[C@H]2CCCC[C@H]21. The zero-order valence-corrected chi connectivity index (χ0v) is 12.6. The molecule has 0 bridgehead atoms. The summed E-state index contributed by atoms with van der Waals surface area (Å²) in [5.41, 5.74) is 0. The molecule has 106 valence electrons. The molecule has 18 heavy (non-hydrogen) atoms. The van der Waals surface area contributed by atoms with E-state index in [4.69, 9.17) is 0 Å². The van der Waals surface area contributed by atoms with Gasteiger partial charge in [0.25, 0.3) is 0 Å². The van der Waals surface area contributed by atoms with E-state index in [0.717, 1.165) is 18.0 Å². The summed E-state index contributed by atoms with van der Waals surface area (Å²) in [6, 6.07) is 2.29. The van der Waals surface area contributed by atoms with E-state index in [0.29, 0.717) is 6.04 Å². The van der Waals surface area contributed by atoms with E-state index in [2.05, 4.69) is 31.0 Å². The summed E-state index contributed by atoms with van der Waals surface area (Å²) in [6.45, 7) is 9.40. The van der Waals surface area contributed by atoms with Gasteiger partial charge in [-0.2, -0.15) is 0 Å². The Bertz CT molecular complexity index is 237. The van der Waals surface area contributed by atoms with Crippen LogP contribution in [0.15, 0.2) is 0 Å². The van der Waals surface area contributed by atoms with Crippen LogP contribution < -0.4 is 5.32 Å². The minimum atomic E-state index is 0.617. The molecule has 2 rings (SSSR count). The van der Waals surface area contributed by atoms with E-state index in [-0.39, 0.29) is 0 Å². The first-order valence-corrected chi connectivity index (χ1v) is 8.21. The molecule has 0 aromatic heterocycles. The molecule has 2 fully saturated rings. The third kappa shape index (κ3) is 3.48. The lowest BCUT2D eigenvalue weighted by Gasteiger charge is -2.47. The fourth-order valence-corrected chi connectivity index (χ4v) is 3.98. The topological polar surface area (TPSA) is 15.3 Å². The Morgan fingerprint density at radius 2 is 1.83 bits per heavy atom. The van der Waals surface area contributed by atoms with Crippen LogP contribution in [-0.2, 0) is 0 Å². The second-order valence-corrected chi connectivity index (χ2v) is 6.62. The molecule has 2 nitrogen and oxygen atoms in total. The Balaban J connectivity index is 1.94. The van der Waals surface area contributed by atoms with Crippen molar-refractivity contribution in [2.24, 2.45) is 5.92 Å². The fraction of sp³-hybridized carbons (Fsp3) is 1.00. The van der Waals surface area contributed by atoms with Crippen LogP contribution in [0, 0.1) is 5.92 Å².